The summed E-state index contributed by atoms with van der Waals surface area (Å²) < 4.78 is 31.9. The average molecular weight is 538 g/mol. The third-order valence-electron chi connectivity index (χ3n) is 4.87. The Labute approximate surface area is 216 Å². The summed E-state index contributed by atoms with van der Waals surface area (Å²) >= 11 is 0. The van der Waals surface area contributed by atoms with E-state index >= 15 is 0 Å². The Bertz CT molecular complexity index is 773. The van der Waals surface area contributed by atoms with Crippen LogP contribution in [0.25, 0.3) is 0 Å². The van der Waals surface area contributed by atoms with Gasteiger partial charge in [-0.15, -0.1) is 0 Å². The number of hydrogen-bond donors (Lipinski definition) is 1. The third-order valence-corrected chi connectivity index (χ3v) is 4.87. The van der Waals surface area contributed by atoms with Gasteiger partial charge in [-0.25, -0.2) is 9.59 Å². The first-order valence-corrected chi connectivity index (χ1v) is 11.7. The molecule has 1 saturated heterocycles. The molecular formula is C23H36ClNO11. The van der Waals surface area contributed by atoms with Gasteiger partial charge in [0, 0.05) is 31.4 Å². The van der Waals surface area contributed by atoms with Crippen molar-refractivity contribution >= 4 is 29.8 Å². The summed E-state index contributed by atoms with van der Waals surface area (Å²) in [6, 6.07) is -1.01. The minimum atomic E-state index is -1.36. The van der Waals surface area contributed by atoms with Crippen LogP contribution in [0.3, 0.4) is 0 Å². The van der Waals surface area contributed by atoms with Crippen molar-refractivity contribution in [1.82, 2.24) is 0 Å². The van der Waals surface area contributed by atoms with E-state index in [0.717, 1.165) is 19.3 Å². The number of hydrogen-bond acceptors (Lipinski definition) is 11. The second-order valence-electron chi connectivity index (χ2n) is 7.84. The van der Waals surface area contributed by atoms with Crippen molar-refractivity contribution in [3.05, 3.63) is 12.2 Å². The van der Waals surface area contributed by atoms with E-state index in [9.17, 15) is 24.0 Å². The number of carbonyl (C=O) groups excluding carboxylic acids is 5. The fourth-order valence-electron chi connectivity index (χ4n) is 3.15. The summed E-state index contributed by atoms with van der Waals surface area (Å²) in [7, 11) is 1.15. The number of quaternary nitrogens is 1. The van der Waals surface area contributed by atoms with Crippen LogP contribution in [-0.2, 0) is 52.4 Å². The lowest BCUT2D eigenvalue weighted by atomic mass is 9.96. The summed E-state index contributed by atoms with van der Waals surface area (Å²) in [4.78, 5) is 60.0. The van der Waals surface area contributed by atoms with E-state index in [2.05, 4.69) is 10.5 Å². The van der Waals surface area contributed by atoms with Gasteiger partial charge in [0.25, 0.3) is 6.29 Å². The summed E-state index contributed by atoms with van der Waals surface area (Å²) in [5.41, 5.74) is 3.91. The lowest BCUT2D eigenvalue weighted by molar-refractivity contribution is -0.496. The van der Waals surface area contributed by atoms with Gasteiger partial charge in [-0.2, -0.15) is 0 Å². The summed E-state index contributed by atoms with van der Waals surface area (Å²) in [5, 5.41) is 0. The second kappa shape index (κ2) is 17.7. The molecule has 12 nitrogen and oxygen atoms in total. The van der Waals surface area contributed by atoms with E-state index in [0.29, 0.717) is 19.3 Å². The minimum Gasteiger partial charge on any atom is -1.00 e. The zero-order valence-electron chi connectivity index (χ0n) is 21.1. The molecule has 1 aliphatic heterocycles. The van der Waals surface area contributed by atoms with E-state index < -0.39 is 60.5 Å². The molecule has 0 aromatic rings. The van der Waals surface area contributed by atoms with Crippen molar-refractivity contribution in [2.24, 2.45) is 0 Å². The molecule has 206 valence electrons. The summed E-state index contributed by atoms with van der Waals surface area (Å²) in [6.07, 6.45) is -1.13. The third kappa shape index (κ3) is 11.4. The number of carbonyl (C=O) groups is 5. The van der Waals surface area contributed by atoms with E-state index in [-0.39, 0.29) is 38.3 Å². The Hall–Kier alpha value is -2.70. The molecule has 0 aliphatic carbocycles. The number of rotatable bonds is 13. The van der Waals surface area contributed by atoms with E-state index in [1.54, 1.807) is 13.8 Å². The molecule has 36 heavy (non-hydrogen) atoms. The van der Waals surface area contributed by atoms with Crippen molar-refractivity contribution in [3.8, 4) is 0 Å². The van der Waals surface area contributed by atoms with Gasteiger partial charge in [-0.05, 0) is 19.3 Å². The molecule has 0 aromatic heterocycles. The van der Waals surface area contributed by atoms with Gasteiger partial charge in [-0.1, -0.05) is 20.8 Å². The van der Waals surface area contributed by atoms with E-state index in [1.807, 2.05) is 6.92 Å². The summed E-state index contributed by atoms with van der Waals surface area (Å²) in [6.45, 7) is 5.05. The maximum absolute atomic E-state index is 12.3. The highest BCUT2D eigenvalue weighted by atomic mass is 35.5. The normalized spacial score (nSPS) is 23.2. The molecule has 0 radical (unpaired) electrons. The molecule has 1 fully saturated rings. The molecule has 0 spiro atoms. The Morgan fingerprint density at radius 3 is 1.81 bits per heavy atom. The largest absolute Gasteiger partial charge is 1.00 e. The van der Waals surface area contributed by atoms with Crippen LogP contribution >= 0.6 is 0 Å². The molecule has 0 aromatic carbocycles. The molecule has 0 amide bonds. The smallest absolute Gasteiger partial charge is 0.333 e. The lowest BCUT2D eigenvalue weighted by Gasteiger charge is -2.41. The monoisotopic (exact) mass is 537 g/mol. The Morgan fingerprint density at radius 1 is 0.778 bits per heavy atom. The molecule has 5 atom stereocenters. The maximum Gasteiger partial charge on any atom is 0.333 e. The van der Waals surface area contributed by atoms with Crippen LogP contribution in [-0.4, -0.2) is 74.2 Å². The van der Waals surface area contributed by atoms with Crippen molar-refractivity contribution in [3.63, 3.8) is 0 Å². The van der Waals surface area contributed by atoms with Crippen LogP contribution in [0, 0.1) is 0 Å². The molecule has 3 N–H and O–H groups in total. The van der Waals surface area contributed by atoms with Crippen molar-refractivity contribution in [1.29, 1.82) is 0 Å². The Kier molecular flexibility index (Phi) is 16.4. The average Bonchev–Trinajstić information content (AvgIpc) is 2.81. The van der Waals surface area contributed by atoms with Gasteiger partial charge in [0.05, 0.1) is 7.11 Å². The molecule has 13 heteroatoms. The standard InChI is InChI=1S/C23H35NO11.ClH/c1-5-8-16(26)31-13-14-21(33-17(27)9-6-2)22(34-18(28)10-7-3)20(24)23(32-14)35-19(29)12-11-15(25)30-4;/h11-12,14,20-23H,5-10,13,24H2,1-4H3;1H/b12-11+;/t14-,20-,21-,22-,23-;/m1./s1. The molecule has 1 rings (SSSR count). The van der Waals surface area contributed by atoms with Crippen LogP contribution in [0.4, 0.5) is 0 Å². The molecule has 0 saturated carbocycles. The van der Waals surface area contributed by atoms with E-state index in [1.165, 1.54) is 0 Å². The molecule has 0 unspecified atom stereocenters. The maximum atomic E-state index is 12.3. The minimum absolute atomic E-state index is 0. The molecule has 0 bridgehead atoms. The number of ether oxygens (including phenoxy) is 6. The zero-order chi connectivity index (χ0) is 26.4. The number of esters is 5. The zero-order valence-corrected chi connectivity index (χ0v) is 21.8. The SMILES string of the molecule is CCCC(=O)OC[C@H]1O[C@H](OC(=O)/C=C/C(=O)OC)[C@H]([NH3+])[C@@H](OC(=O)CCC)[C@@H]1OC(=O)CCC.[Cl-]. The first-order valence-electron chi connectivity index (χ1n) is 11.7. The molecule has 1 aliphatic rings. The lowest BCUT2D eigenvalue weighted by Crippen LogP contribution is -3.00. The van der Waals surface area contributed by atoms with Crippen molar-refractivity contribution < 1.29 is 70.5 Å². The first-order chi connectivity index (χ1) is 16.7. The van der Waals surface area contributed by atoms with Crippen LogP contribution in [0.5, 0.6) is 0 Å². The van der Waals surface area contributed by atoms with Crippen LogP contribution in [0.1, 0.15) is 59.3 Å². The fraction of sp³-hybridized carbons (Fsp3) is 0.696. The highest BCUT2D eigenvalue weighted by Crippen LogP contribution is 2.27. The van der Waals surface area contributed by atoms with Gasteiger partial charge in [0.15, 0.2) is 18.2 Å². The Morgan fingerprint density at radius 2 is 1.28 bits per heavy atom. The molecular weight excluding hydrogens is 502 g/mol. The number of methoxy groups -OCH3 is 1. The van der Waals surface area contributed by atoms with Crippen LogP contribution in [0.15, 0.2) is 12.2 Å². The molecule has 1 heterocycles. The van der Waals surface area contributed by atoms with Crippen molar-refractivity contribution in [2.75, 3.05) is 13.7 Å². The topological polar surface area (TPSA) is 168 Å². The van der Waals surface area contributed by atoms with Gasteiger partial charge < -0.3 is 46.6 Å². The first kappa shape index (κ1) is 33.3. The quantitative estimate of drug-likeness (QED) is 0.148. The van der Waals surface area contributed by atoms with Crippen LogP contribution in [0.2, 0.25) is 0 Å². The highest BCUT2D eigenvalue weighted by Gasteiger charge is 2.53. The van der Waals surface area contributed by atoms with Gasteiger partial charge in [0.1, 0.15) is 12.7 Å². The second-order valence-corrected chi connectivity index (χ2v) is 7.84. The van der Waals surface area contributed by atoms with Gasteiger partial charge >= 0.3 is 29.8 Å². The van der Waals surface area contributed by atoms with Gasteiger partial charge in [0.2, 0.25) is 0 Å². The number of halogens is 1. The predicted octanol–water partition coefficient (Wildman–Crippen LogP) is -2.63. The highest BCUT2D eigenvalue weighted by molar-refractivity contribution is 5.91. The van der Waals surface area contributed by atoms with Crippen LogP contribution < -0.4 is 18.1 Å². The summed E-state index contributed by atoms with van der Waals surface area (Å²) in [5.74, 6) is -3.35. The predicted molar refractivity (Wildman–Crippen MR) is 118 cm³/mol. The Balaban J connectivity index is 0.0000122. The fourth-order valence-corrected chi connectivity index (χ4v) is 3.15. The van der Waals surface area contributed by atoms with Gasteiger partial charge in [-0.3, -0.25) is 14.4 Å². The van der Waals surface area contributed by atoms with Crippen molar-refractivity contribution in [2.45, 2.75) is 89.9 Å². The van der Waals surface area contributed by atoms with E-state index in [4.69, 9.17) is 23.7 Å².